The van der Waals surface area contributed by atoms with E-state index in [0.717, 1.165) is 17.4 Å². The molecule has 0 unspecified atom stereocenters. The average Bonchev–Trinajstić information content (AvgIpc) is 2.66. The lowest BCUT2D eigenvalue weighted by atomic mass is 9.49. The average molecular weight is 370 g/mol. The van der Waals surface area contributed by atoms with Gasteiger partial charge in [-0.25, -0.2) is 0 Å². The Hall–Kier alpha value is -2.21. The molecule has 4 fully saturated rings. The smallest absolute Gasteiger partial charge is 0.269 e. The minimum atomic E-state index is -0.435. The standard InChI is InChI=1S/C21H26N2O4/c1-27-21(17-9-15-8-16(11-17)12-18(21)10-15)13-22-20(24)7-4-14-2-5-19(6-3-14)23(25)26/h2-7,15-18H,8-13H2,1H3,(H,22,24)/b7-4+. The zero-order valence-corrected chi connectivity index (χ0v) is 15.6. The fourth-order valence-electron chi connectivity index (χ4n) is 5.84. The van der Waals surface area contributed by atoms with Crippen molar-refractivity contribution in [1.29, 1.82) is 0 Å². The van der Waals surface area contributed by atoms with Crippen molar-refractivity contribution in [3.8, 4) is 0 Å². The van der Waals surface area contributed by atoms with E-state index in [1.807, 2.05) is 0 Å². The number of non-ortho nitro benzene ring substituents is 1. The number of nitro benzene ring substituents is 1. The summed E-state index contributed by atoms with van der Waals surface area (Å²) in [5, 5.41) is 13.7. The first-order valence-corrected chi connectivity index (χ1v) is 9.75. The van der Waals surface area contributed by atoms with Gasteiger partial charge in [0.05, 0.1) is 10.5 Å². The predicted octanol–water partition coefficient (Wildman–Crippen LogP) is 3.57. The number of nitro groups is 1. The van der Waals surface area contributed by atoms with E-state index in [1.54, 1.807) is 25.3 Å². The monoisotopic (exact) mass is 370 g/mol. The number of methoxy groups -OCH3 is 1. The number of carbonyl (C=O) groups is 1. The SMILES string of the molecule is COC1(CNC(=O)/C=C/c2ccc([N+](=O)[O-])cc2)C2CC3CC(C2)CC1C3. The fraction of sp³-hybridized carbons (Fsp3) is 0.571. The number of nitrogens with zero attached hydrogens (tertiary/aromatic N) is 1. The van der Waals surface area contributed by atoms with E-state index in [2.05, 4.69) is 5.32 Å². The molecule has 0 heterocycles. The maximum Gasteiger partial charge on any atom is 0.269 e. The second-order valence-corrected chi connectivity index (χ2v) is 8.36. The maximum atomic E-state index is 12.3. The van der Waals surface area contributed by atoms with Crippen LogP contribution in [0.1, 0.15) is 37.7 Å². The molecule has 4 saturated carbocycles. The highest BCUT2D eigenvalue weighted by Crippen LogP contribution is 2.59. The normalized spacial score (nSPS) is 34.1. The molecular weight excluding hydrogens is 344 g/mol. The number of ether oxygens (including phenoxy) is 1. The van der Waals surface area contributed by atoms with Gasteiger partial charge in [-0.3, -0.25) is 14.9 Å². The molecule has 4 bridgehead atoms. The zero-order valence-electron chi connectivity index (χ0n) is 15.6. The van der Waals surface area contributed by atoms with Crippen molar-refractivity contribution in [3.63, 3.8) is 0 Å². The Morgan fingerprint density at radius 3 is 2.30 bits per heavy atom. The maximum absolute atomic E-state index is 12.3. The molecule has 1 amide bonds. The van der Waals surface area contributed by atoms with Gasteiger partial charge < -0.3 is 10.1 Å². The summed E-state index contributed by atoms with van der Waals surface area (Å²) in [5.41, 5.74) is 0.580. The lowest BCUT2D eigenvalue weighted by Crippen LogP contribution is -2.63. The van der Waals surface area contributed by atoms with E-state index in [0.29, 0.717) is 18.4 Å². The fourth-order valence-corrected chi connectivity index (χ4v) is 5.84. The Bertz CT molecular complexity index is 728. The highest BCUT2D eigenvalue weighted by atomic mass is 16.6. The molecular formula is C21H26N2O4. The summed E-state index contributed by atoms with van der Waals surface area (Å²) in [6.45, 7) is 0.557. The van der Waals surface area contributed by atoms with Crippen molar-refractivity contribution in [2.45, 2.75) is 37.7 Å². The number of hydrogen-bond acceptors (Lipinski definition) is 4. The molecule has 27 heavy (non-hydrogen) atoms. The van der Waals surface area contributed by atoms with Gasteiger partial charge in [0.15, 0.2) is 0 Å². The molecule has 4 aliphatic carbocycles. The van der Waals surface area contributed by atoms with Gasteiger partial charge in [-0.15, -0.1) is 0 Å². The van der Waals surface area contributed by atoms with Crippen molar-refractivity contribution < 1.29 is 14.5 Å². The second kappa shape index (κ2) is 7.08. The Labute approximate surface area is 159 Å². The Morgan fingerprint density at radius 1 is 1.19 bits per heavy atom. The molecule has 5 rings (SSSR count). The first-order chi connectivity index (χ1) is 13.0. The van der Waals surface area contributed by atoms with E-state index in [-0.39, 0.29) is 17.2 Å². The molecule has 4 aliphatic rings. The van der Waals surface area contributed by atoms with Gasteiger partial charge in [0.2, 0.25) is 5.91 Å². The molecule has 6 heteroatoms. The van der Waals surface area contributed by atoms with Crippen molar-refractivity contribution >= 4 is 17.7 Å². The van der Waals surface area contributed by atoms with Crippen molar-refractivity contribution in [1.82, 2.24) is 5.32 Å². The zero-order chi connectivity index (χ0) is 19.0. The molecule has 1 aromatic rings. The molecule has 0 atom stereocenters. The molecule has 0 saturated heterocycles. The van der Waals surface area contributed by atoms with Gasteiger partial charge in [-0.1, -0.05) is 0 Å². The first-order valence-electron chi connectivity index (χ1n) is 9.75. The van der Waals surface area contributed by atoms with Gasteiger partial charge in [0.1, 0.15) is 0 Å². The number of rotatable bonds is 6. The molecule has 0 radical (unpaired) electrons. The third kappa shape index (κ3) is 3.38. The Kier molecular flexibility index (Phi) is 4.76. The second-order valence-electron chi connectivity index (χ2n) is 8.36. The van der Waals surface area contributed by atoms with Gasteiger partial charge in [0, 0.05) is 31.9 Å². The van der Waals surface area contributed by atoms with Crippen molar-refractivity contribution in [2.75, 3.05) is 13.7 Å². The number of benzene rings is 1. The molecule has 144 valence electrons. The highest BCUT2D eigenvalue weighted by Gasteiger charge is 2.57. The van der Waals surface area contributed by atoms with Crippen LogP contribution in [0, 0.1) is 33.8 Å². The molecule has 6 nitrogen and oxygen atoms in total. The van der Waals surface area contributed by atoms with Crippen molar-refractivity contribution in [3.05, 3.63) is 46.0 Å². The molecule has 0 spiro atoms. The lowest BCUT2D eigenvalue weighted by molar-refractivity contribution is -0.384. The Morgan fingerprint density at radius 2 is 1.78 bits per heavy atom. The van der Waals surface area contributed by atoms with E-state index in [4.69, 9.17) is 4.74 Å². The van der Waals surface area contributed by atoms with Crippen LogP contribution in [-0.2, 0) is 9.53 Å². The summed E-state index contributed by atoms with van der Waals surface area (Å²) >= 11 is 0. The number of hydrogen-bond donors (Lipinski definition) is 1. The van der Waals surface area contributed by atoms with Crippen LogP contribution in [0.5, 0.6) is 0 Å². The first kappa shape index (κ1) is 18.2. The van der Waals surface area contributed by atoms with Crippen LogP contribution in [-0.4, -0.2) is 30.1 Å². The van der Waals surface area contributed by atoms with Crippen LogP contribution in [0.25, 0.3) is 6.08 Å². The number of amides is 1. The third-order valence-electron chi connectivity index (χ3n) is 6.97. The quantitative estimate of drug-likeness (QED) is 0.471. The van der Waals surface area contributed by atoms with E-state index < -0.39 is 4.92 Å². The van der Waals surface area contributed by atoms with Crippen LogP contribution in [0.4, 0.5) is 5.69 Å². The summed E-state index contributed by atoms with van der Waals surface area (Å²) in [7, 11) is 1.79. The number of nitrogens with one attached hydrogen (secondary N) is 1. The topological polar surface area (TPSA) is 81.5 Å². The molecule has 1 N–H and O–H groups in total. The van der Waals surface area contributed by atoms with Crippen LogP contribution < -0.4 is 5.32 Å². The largest absolute Gasteiger partial charge is 0.376 e. The van der Waals surface area contributed by atoms with Gasteiger partial charge in [-0.05, 0) is 79.5 Å². The van der Waals surface area contributed by atoms with Crippen LogP contribution >= 0.6 is 0 Å². The van der Waals surface area contributed by atoms with Crippen LogP contribution in [0.15, 0.2) is 30.3 Å². The summed E-state index contributed by atoms with van der Waals surface area (Å²) in [4.78, 5) is 22.6. The van der Waals surface area contributed by atoms with Crippen LogP contribution in [0.3, 0.4) is 0 Å². The van der Waals surface area contributed by atoms with E-state index in [9.17, 15) is 14.9 Å². The van der Waals surface area contributed by atoms with Crippen molar-refractivity contribution in [2.24, 2.45) is 23.7 Å². The Balaban J connectivity index is 1.37. The van der Waals surface area contributed by atoms with Gasteiger partial charge in [-0.2, -0.15) is 0 Å². The van der Waals surface area contributed by atoms with E-state index in [1.165, 1.54) is 50.3 Å². The number of carbonyl (C=O) groups excluding carboxylic acids is 1. The summed E-state index contributed by atoms with van der Waals surface area (Å²) in [5.74, 6) is 2.66. The lowest BCUT2D eigenvalue weighted by Gasteiger charge is -2.60. The molecule has 0 aromatic heterocycles. The third-order valence-corrected chi connectivity index (χ3v) is 6.97. The van der Waals surface area contributed by atoms with Gasteiger partial charge in [0.25, 0.3) is 5.69 Å². The molecule has 1 aromatic carbocycles. The highest BCUT2D eigenvalue weighted by molar-refractivity contribution is 5.91. The summed E-state index contributed by atoms with van der Waals surface area (Å²) in [6.07, 6.45) is 9.47. The minimum absolute atomic E-state index is 0.0422. The van der Waals surface area contributed by atoms with E-state index >= 15 is 0 Å². The van der Waals surface area contributed by atoms with Crippen LogP contribution in [0.2, 0.25) is 0 Å². The molecule has 0 aliphatic heterocycles. The summed E-state index contributed by atoms with van der Waals surface area (Å²) < 4.78 is 6.06. The van der Waals surface area contributed by atoms with Gasteiger partial charge >= 0.3 is 0 Å². The predicted molar refractivity (Wildman–Crippen MR) is 102 cm³/mol. The summed E-state index contributed by atoms with van der Waals surface area (Å²) in [6, 6.07) is 6.14. The minimum Gasteiger partial charge on any atom is -0.376 e.